The quantitative estimate of drug-likeness (QED) is 0.827. The molecule has 0 aliphatic carbocycles. The van der Waals surface area contributed by atoms with E-state index >= 15 is 0 Å². The zero-order valence-electron chi connectivity index (χ0n) is 12.5. The van der Waals surface area contributed by atoms with Gasteiger partial charge in [0, 0.05) is 5.41 Å². The Kier molecular flexibility index (Phi) is 4.20. The van der Waals surface area contributed by atoms with Crippen LogP contribution >= 0.6 is 11.3 Å². The smallest absolute Gasteiger partial charge is 0.180 e. The number of nitrogens with two attached hydrogens (primary N) is 1. The lowest BCUT2D eigenvalue weighted by Gasteiger charge is -2.15. The Morgan fingerprint density at radius 3 is 2.55 bits per heavy atom. The van der Waals surface area contributed by atoms with Gasteiger partial charge in [-0.05, 0) is 12.1 Å². The summed E-state index contributed by atoms with van der Waals surface area (Å²) in [5.41, 5.74) is 5.87. The van der Waals surface area contributed by atoms with E-state index in [9.17, 15) is 14.4 Å². The van der Waals surface area contributed by atoms with Gasteiger partial charge in [-0.1, -0.05) is 32.9 Å². The van der Waals surface area contributed by atoms with Gasteiger partial charge in [0.25, 0.3) is 0 Å². The predicted molar refractivity (Wildman–Crippen MR) is 86.9 cm³/mol. The number of para-hydroxylation sites is 1. The zero-order chi connectivity index (χ0) is 16.5. The highest BCUT2D eigenvalue weighted by Crippen LogP contribution is 2.40. The summed E-state index contributed by atoms with van der Waals surface area (Å²) in [5, 5.41) is 12.5. The maximum absolute atomic E-state index is 13.7. The van der Waals surface area contributed by atoms with E-state index in [1.165, 1.54) is 6.07 Å². The Balaban J connectivity index is 2.48. The van der Waals surface area contributed by atoms with Gasteiger partial charge in [0.1, 0.15) is 22.5 Å². The summed E-state index contributed by atoms with van der Waals surface area (Å²) in [4.78, 5) is 12.7. The molecule has 0 radical (unpaired) electrons. The number of hydrogen-bond acceptors (Lipinski definition) is 5. The number of nitrogen functional groups attached to an aromatic ring is 1. The van der Waals surface area contributed by atoms with E-state index in [0.717, 1.165) is 11.3 Å². The second kappa shape index (κ2) is 5.78. The van der Waals surface area contributed by atoms with E-state index < -0.39 is 11.2 Å². The average Bonchev–Trinajstić information content (AvgIpc) is 2.75. The first-order chi connectivity index (χ1) is 10.3. The summed E-state index contributed by atoms with van der Waals surface area (Å²) in [5.74, 6) is -0.588. The number of hydrogen-bond donors (Lipinski definition) is 2. The van der Waals surface area contributed by atoms with E-state index in [1.54, 1.807) is 39.0 Å². The third-order valence-corrected chi connectivity index (χ3v) is 4.19. The Hall–Kier alpha value is -2.39. The molecule has 1 heterocycles. The summed E-state index contributed by atoms with van der Waals surface area (Å²) in [6, 6.07) is 8.09. The van der Waals surface area contributed by atoms with Gasteiger partial charge in [0.15, 0.2) is 5.78 Å². The van der Waals surface area contributed by atoms with E-state index in [1.807, 2.05) is 6.07 Å². The number of carbonyl (C=O) groups is 1. The van der Waals surface area contributed by atoms with Crippen molar-refractivity contribution in [1.82, 2.24) is 0 Å². The molecule has 2 aromatic rings. The highest BCUT2D eigenvalue weighted by molar-refractivity contribution is 7.19. The molecule has 0 unspecified atom stereocenters. The van der Waals surface area contributed by atoms with Crippen LogP contribution in [0.3, 0.4) is 0 Å². The standard InChI is InChI=1S/C16H16FN3OS/c1-16(2,3)14(21)13-12(19)9(8-18)15(22-13)20-11-7-5-4-6-10(11)17/h4-7,20H,19H2,1-3H3. The minimum Gasteiger partial charge on any atom is -0.396 e. The van der Waals surface area contributed by atoms with Crippen LogP contribution in [0.15, 0.2) is 24.3 Å². The number of Topliss-reactive ketones (excluding diaryl/α,β-unsaturated/α-hetero) is 1. The molecule has 0 aliphatic heterocycles. The molecule has 22 heavy (non-hydrogen) atoms. The van der Waals surface area contributed by atoms with Gasteiger partial charge < -0.3 is 11.1 Å². The van der Waals surface area contributed by atoms with Crippen molar-refractivity contribution in [3.63, 3.8) is 0 Å². The Labute approximate surface area is 132 Å². The summed E-state index contributed by atoms with van der Waals surface area (Å²) < 4.78 is 13.7. The normalized spacial score (nSPS) is 11.0. The number of nitrogens with one attached hydrogen (secondary N) is 1. The maximum atomic E-state index is 13.7. The average molecular weight is 317 g/mol. The van der Waals surface area contributed by atoms with Crippen molar-refractivity contribution in [3.8, 4) is 6.07 Å². The van der Waals surface area contributed by atoms with Gasteiger partial charge in [-0.3, -0.25) is 4.79 Å². The molecule has 0 fully saturated rings. The molecule has 0 atom stereocenters. The van der Waals surface area contributed by atoms with Crippen LogP contribution in [0.1, 0.15) is 36.0 Å². The number of thiophene rings is 1. The van der Waals surface area contributed by atoms with Crippen molar-refractivity contribution in [2.75, 3.05) is 11.1 Å². The van der Waals surface area contributed by atoms with Crippen molar-refractivity contribution in [2.24, 2.45) is 5.41 Å². The highest BCUT2D eigenvalue weighted by atomic mass is 32.1. The fourth-order valence-corrected chi connectivity index (χ4v) is 3.07. The monoisotopic (exact) mass is 317 g/mol. The molecule has 6 heteroatoms. The topological polar surface area (TPSA) is 78.9 Å². The van der Waals surface area contributed by atoms with E-state index in [-0.39, 0.29) is 22.7 Å². The molecule has 0 bridgehead atoms. The molecule has 1 aromatic heterocycles. The van der Waals surface area contributed by atoms with Gasteiger partial charge >= 0.3 is 0 Å². The third-order valence-electron chi connectivity index (χ3n) is 3.07. The number of anilines is 3. The highest BCUT2D eigenvalue weighted by Gasteiger charge is 2.29. The van der Waals surface area contributed by atoms with Crippen LogP contribution in [-0.4, -0.2) is 5.78 Å². The summed E-state index contributed by atoms with van der Waals surface area (Å²) >= 11 is 1.07. The predicted octanol–water partition coefficient (Wildman–Crippen LogP) is 4.31. The second-order valence-electron chi connectivity index (χ2n) is 5.84. The molecule has 0 aliphatic rings. The number of nitrogens with zero attached hydrogens (tertiary/aromatic N) is 1. The lowest BCUT2D eigenvalue weighted by molar-refractivity contribution is 0.0863. The van der Waals surface area contributed by atoms with Crippen LogP contribution in [0.25, 0.3) is 0 Å². The van der Waals surface area contributed by atoms with Crippen LogP contribution in [0.5, 0.6) is 0 Å². The van der Waals surface area contributed by atoms with Gasteiger partial charge in [0.2, 0.25) is 0 Å². The lowest BCUT2D eigenvalue weighted by Crippen LogP contribution is -2.20. The number of nitriles is 1. The number of halogens is 1. The van der Waals surface area contributed by atoms with E-state index in [4.69, 9.17) is 5.73 Å². The Morgan fingerprint density at radius 2 is 2.00 bits per heavy atom. The molecular weight excluding hydrogens is 301 g/mol. The van der Waals surface area contributed by atoms with Crippen molar-refractivity contribution < 1.29 is 9.18 Å². The largest absolute Gasteiger partial charge is 0.396 e. The molecule has 0 amide bonds. The summed E-state index contributed by atoms with van der Waals surface area (Å²) in [6.45, 7) is 5.35. The molecule has 0 spiro atoms. The van der Waals surface area contributed by atoms with E-state index in [0.29, 0.717) is 9.88 Å². The molecular formula is C16H16FN3OS. The maximum Gasteiger partial charge on any atom is 0.180 e. The second-order valence-corrected chi connectivity index (χ2v) is 6.87. The van der Waals surface area contributed by atoms with Crippen LogP contribution in [0.4, 0.5) is 20.8 Å². The van der Waals surface area contributed by atoms with Crippen LogP contribution in [-0.2, 0) is 0 Å². The van der Waals surface area contributed by atoms with Crippen molar-refractivity contribution in [1.29, 1.82) is 5.26 Å². The molecule has 4 nitrogen and oxygen atoms in total. The third kappa shape index (κ3) is 2.95. The number of benzene rings is 1. The fraction of sp³-hybridized carbons (Fsp3) is 0.250. The number of ketones is 1. The molecule has 2 rings (SSSR count). The first-order valence-corrected chi connectivity index (χ1v) is 7.46. The van der Waals surface area contributed by atoms with Gasteiger partial charge in [-0.25, -0.2) is 4.39 Å². The molecule has 3 N–H and O–H groups in total. The SMILES string of the molecule is CC(C)(C)C(=O)c1sc(Nc2ccccc2F)c(C#N)c1N. The fourth-order valence-electron chi connectivity index (χ4n) is 1.84. The first kappa shape index (κ1) is 16.0. The Morgan fingerprint density at radius 1 is 1.36 bits per heavy atom. The number of rotatable bonds is 3. The molecule has 0 saturated carbocycles. The van der Waals surface area contributed by atoms with Gasteiger partial charge in [-0.2, -0.15) is 5.26 Å². The molecule has 0 saturated heterocycles. The molecule has 114 valence electrons. The zero-order valence-corrected chi connectivity index (χ0v) is 13.3. The van der Waals surface area contributed by atoms with Crippen molar-refractivity contribution in [3.05, 3.63) is 40.5 Å². The van der Waals surface area contributed by atoms with Gasteiger partial charge in [0.05, 0.1) is 16.3 Å². The number of carbonyl (C=O) groups excluding carboxylic acids is 1. The summed E-state index contributed by atoms with van der Waals surface area (Å²) in [6.07, 6.45) is 0. The molecule has 1 aromatic carbocycles. The van der Waals surface area contributed by atoms with Gasteiger partial charge in [-0.15, -0.1) is 11.3 Å². The first-order valence-electron chi connectivity index (χ1n) is 6.64. The Bertz CT molecular complexity index is 769. The summed E-state index contributed by atoms with van der Waals surface area (Å²) in [7, 11) is 0. The minimum absolute atomic E-state index is 0.145. The van der Waals surface area contributed by atoms with Crippen LogP contribution in [0.2, 0.25) is 0 Å². The lowest BCUT2D eigenvalue weighted by atomic mass is 9.89. The van der Waals surface area contributed by atoms with Crippen molar-refractivity contribution in [2.45, 2.75) is 20.8 Å². The van der Waals surface area contributed by atoms with E-state index in [2.05, 4.69) is 5.32 Å². The minimum atomic E-state index is -0.610. The van der Waals surface area contributed by atoms with Crippen LogP contribution < -0.4 is 11.1 Å². The van der Waals surface area contributed by atoms with Crippen LogP contribution in [0, 0.1) is 22.6 Å². The van der Waals surface area contributed by atoms with Crippen molar-refractivity contribution >= 4 is 33.5 Å².